The lowest BCUT2D eigenvalue weighted by molar-refractivity contribution is -0.297. The SMILES string of the molecule is CN[C@@H]1[C@@H](O)[C@@H](O[C@H]2[C@H](NC(=O)C3(O)CC3NC(=N)N)C[C@H](N)C([C@H]3OC(CNCC(N)CO)=CC[C@H]3N)[C@@H]2O)OC[C@]1(C)O. The Balaban J connectivity index is 1.54. The molecule has 258 valence electrons. The zero-order valence-corrected chi connectivity index (χ0v) is 25.6. The molecule has 18 nitrogen and oxygen atoms in total. The molecule has 0 aromatic rings. The third-order valence-corrected chi connectivity index (χ3v) is 9.20. The first kappa shape index (κ1) is 35.7. The summed E-state index contributed by atoms with van der Waals surface area (Å²) < 4.78 is 18.1. The minimum atomic E-state index is -1.85. The van der Waals surface area contributed by atoms with E-state index in [1.54, 1.807) is 7.05 Å². The number of nitrogens with one attached hydrogen (secondary N) is 5. The fourth-order valence-corrected chi connectivity index (χ4v) is 6.56. The van der Waals surface area contributed by atoms with Gasteiger partial charge in [-0.25, -0.2) is 0 Å². The van der Waals surface area contributed by atoms with E-state index in [2.05, 4.69) is 21.3 Å². The molecule has 0 spiro atoms. The fraction of sp³-hybridized carbons (Fsp3) is 0.852. The van der Waals surface area contributed by atoms with Crippen molar-refractivity contribution in [3.8, 4) is 0 Å². The Morgan fingerprint density at radius 2 is 1.93 bits per heavy atom. The summed E-state index contributed by atoms with van der Waals surface area (Å²) in [4.78, 5) is 13.2. The van der Waals surface area contributed by atoms with Gasteiger partial charge in [0.05, 0.1) is 44.0 Å². The highest BCUT2D eigenvalue weighted by Crippen LogP contribution is 2.39. The van der Waals surface area contributed by atoms with Crippen LogP contribution in [-0.2, 0) is 19.0 Å². The Kier molecular flexibility index (Phi) is 11.3. The van der Waals surface area contributed by atoms with E-state index in [1.807, 2.05) is 6.08 Å². The minimum absolute atomic E-state index is 0.00833. The number of aliphatic hydroxyl groups excluding tert-OH is 3. The number of hydrogen-bond donors (Lipinski definition) is 14. The minimum Gasteiger partial charge on any atom is -0.492 e. The molecule has 2 saturated carbocycles. The Morgan fingerprint density at radius 3 is 2.58 bits per heavy atom. The normalized spacial score (nSPS) is 43.9. The molecule has 0 aromatic carbocycles. The van der Waals surface area contributed by atoms with Gasteiger partial charge < -0.3 is 83.9 Å². The van der Waals surface area contributed by atoms with Gasteiger partial charge in [-0.3, -0.25) is 10.2 Å². The lowest BCUT2D eigenvalue weighted by Crippen LogP contribution is -2.69. The number of guanidine groups is 1. The summed E-state index contributed by atoms with van der Waals surface area (Å²) in [6.07, 6.45) is -3.71. The van der Waals surface area contributed by atoms with Crippen molar-refractivity contribution in [1.82, 2.24) is 21.3 Å². The largest absolute Gasteiger partial charge is 0.492 e. The molecule has 1 amide bonds. The molecule has 0 radical (unpaired) electrons. The van der Waals surface area contributed by atoms with Crippen LogP contribution in [0.1, 0.15) is 26.2 Å². The van der Waals surface area contributed by atoms with Crippen molar-refractivity contribution in [1.29, 1.82) is 5.41 Å². The van der Waals surface area contributed by atoms with Crippen LogP contribution >= 0.6 is 0 Å². The highest BCUT2D eigenvalue weighted by atomic mass is 16.7. The molecule has 18 heteroatoms. The third kappa shape index (κ3) is 7.86. The molecule has 1 saturated heterocycles. The van der Waals surface area contributed by atoms with Crippen molar-refractivity contribution in [2.45, 2.75) is 104 Å². The number of carbonyl (C=O) groups is 1. The van der Waals surface area contributed by atoms with Crippen molar-refractivity contribution >= 4 is 11.9 Å². The molecule has 4 rings (SSSR count). The van der Waals surface area contributed by atoms with Crippen LogP contribution in [0.2, 0.25) is 0 Å². The van der Waals surface area contributed by atoms with Crippen molar-refractivity contribution in [2.75, 3.05) is 33.4 Å². The zero-order valence-electron chi connectivity index (χ0n) is 25.6. The third-order valence-electron chi connectivity index (χ3n) is 9.20. The summed E-state index contributed by atoms with van der Waals surface area (Å²) in [6.45, 7) is 1.77. The first-order valence-electron chi connectivity index (χ1n) is 15.2. The Morgan fingerprint density at radius 1 is 1.22 bits per heavy atom. The second-order valence-corrected chi connectivity index (χ2v) is 12.9. The van der Waals surface area contributed by atoms with E-state index in [4.69, 9.17) is 42.6 Å². The first-order valence-corrected chi connectivity index (χ1v) is 15.2. The Hall–Kier alpha value is -2.20. The van der Waals surface area contributed by atoms with Crippen LogP contribution < -0.4 is 44.2 Å². The second kappa shape index (κ2) is 14.3. The Labute approximate surface area is 261 Å². The molecule has 4 aliphatic rings. The summed E-state index contributed by atoms with van der Waals surface area (Å²) in [5, 5.41) is 72.3. The lowest BCUT2D eigenvalue weighted by atomic mass is 9.72. The standard InChI is InChI=1S/C27H51N9O9/c1-26(41)10-43-23(19(39)22(26)33-2)45-21-15(35-24(40)27(42)6-16(27)36-25(31)32)5-14(30)17(18(21)38)20-13(29)4-3-12(44-20)8-34-7-11(28)9-37/h3,11,13-23,33-34,37-39,41-42H,4-10,28-30H2,1-2H3,(H,35,40)(H4,31,32,36)/t11?,13-,14+,15-,16?,17?,18+,19-,20+,21+,22-,23-,26+,27?/m1/s1. The van der Waals surface area contributed by atoms with E-state index in [-0.39, 0.29) is 26.1 Å². The van der Waals surface area contributed by atoms with Crippen LogP contribution in [-0.4, -0.2) is 149 Å². The van der Waals surface area contributed by atoms with Gasteiger partial charge in [0.2, 0.25) is 0 Å². The molecule has 2 aliphatic heterocycles. The van der Waals surface area contributed by atoms with E-state index < -0.39 is 95.9 Å². The van der Waals surface area contributed by atoms with Crippen molar-refractivity contribution in [3.63, 3.8) is 0 Å². The van der Waals surface area contributed by atoms with Crippen LogP contribution in [0.4, 0.5) is 0 Å². The van der Waals surface area contributed by atoms with Crippen LogP contribution in [0.25, 0.3) is 0 Å². The molecular weight excluding hydrogens is 594 g/mol. The maximum Gasteiger partial charge on any atom is 0.254 e. The van der Waals surface area contributed by atoms with Gasteiger partial charge in [0.15, 0.2) is 17.9 Å². The predicted octanol–water partition coefficient (Wildman–Crippen LogP) is -6.48. The van der Waals surface area contributed by atoms with Crippen LogP contribution in [0, 0.1) is 11.3 Å². The van der Waals surface area contributed by atoms with E-state index in [0.717, 1.165) is 0 Å². The number of rotatable bonds is 12. The monoisotopic (exact) mass is 645 g/mol. The molecular formula is C27H51N9O9. The molecule has 2 heterocycles. The highest BCUT2D eigenvalue weighted by Gasteiger charge is 2.61. The maximum atomic E-state index is 13.2. The second-order valence-electron chi connectivity index (χ2n) is 12.9. The van der Waals surface area contributed by atoms with E-state index in [9.17, 15) is 30.3 Å². The molecule has 45 heavy (non-hydrogen) atoms. The number of aliphatic hydroxyl groups is 5. The van der Waals surface area contributed by atoms with E-state index >= 15 is 0 Å². The van der Waals surface area contributed by atoms with Crippen LogP contribution in [0.5, 0.6) is 0 Å². The van der Waals surface area contributed by atoms with Gasteiger partial charge in [0.1, 0.15) is 29.7 Å². The average molecular weight is 646 g/mol. The van der Waals surface area contributed by atoms with Gasteiger partial charge in [-0.1, -0.05) is 0 Å². The van der Waals surface area contributed by atoms with Crippen molar-refractivity contribution in [2.24, 2.45) is 28.9 Å². The molecule has 4 unspecified atom stereocenters. The number of hydrogen-bond acceptors (Lipinski definition) is 15. The highest BCUT2D eigenvalue weighted by molar-refractivity contribution is 5.91. The lowest BCUT2D eigenvalue weighted by Gasteiger charge is -2.50. The molecule has 0 aromatic heterocycles. The van der Waals surface area contributed by atoms with Gasteiger partial charge >= 0.3 is 0 Å². The smallest absolute Gasteiger partial charge is 0.254 e. The maximum absolute atomic E-state index is 13.2. The number of amides is 1. The molecule has 2 aliphatic carbocycles. The van der Waals surface area contributed by atoms with Gasteiger partial charge in [-0.15, -0.1) is 0 Å². The van der Waals surface area contributed by atoms with Crippen LogP contribution in [0.15, 0.2) is 11.8 Å². The van der Waals surface area contributed by atoms with Gasteiger partial charge in [-0.2, -0.15) is 0 Å². The van der Waals surface area contributed by atoms with Gasteiger partial charge in [0.25, 0.3) is 5.91 Å². The zero-order chi connectivity index (χ0) is 33.3. The van der Waals surface area contributed by atoms with Gasteiger partial charge in [0, 0.05) is 37.0 Å². The predicted molar refractivity (Wildman–Crippen MR) is 160 cm³/mol. The number of nitrogens with two attached hydrogens (primary N) is 4. The fourth-order valence-electron chi connectivity index (χ4n) is 6.56. The number of carbonyl (C=O) groups excluding carboxylic acids is 1. The van der Waals surface area contributed by atoms with E-state index in [1.165, 1.54) is 6.92 Å². The number of ether oxygens (including phenoxy) is 3. The topological polar surface area (TPSA) is 322 Å². The average Bonchev–Trinajstić information content (AvgIpc) is 3.62. The summed E-state index contributed by atoms with van der Waals surface area (Å²) in [5.74, 6) is -1.40. The summed E-state index contributed by atoms with van der Waals surface area (Å²) >= 11 is 0. The summed E-state index contributed by atoms with van der Waals surface area (Å²) in [5.41, 5.74) is 20.9. The van der Waals surface area contributed by atoms with Crippen molar-refractivity contribution < 1.29 is 44.5 Å². The Bertz CT molecular complexity index is 1090. The summed E-state index contributed by atoms with van der Waals surface area (Å²) in [7, 11) is 1.57. The quantitative estimate of drug-likeness (QED) is 0.0693. The molecule has 0 bridgehead atoms. The summed E-state index contributed by atoms with van der Waals surface area (Å²) in [6, 6.07) is -4.31. The van der Waals surface area contributed by atoms with Crippen LogP contribution in [0.3, 0.4) is 0 Å². The van der Waals surface area contributed by atoms with E-state index in [0.29, 0.717) is 25.3 Å². The van der Waals surface area contributed by atoms with Crippen molar-refractivity contribution in [3.05, 3.63) is 11.8 Å². The van der Waals surface area contributed by atoms with Gasteiger partial charge in [-0.05, 0) is 32.9 Å². The first-order chi connectivity index (χ1) is 21.1. The molecule has 18 N–H and O–H groups in total. The molecule has 14 atom stereocenters. The number of likely N-dealkylation sites (N-methyl/N-ethyl adjacent to an activating group) is 1. The molecule has 3 fully saturated rings.